The predicted molar refractivity (Wildman–Crippen MR) is 110 cm³/mol. The van der Waals surface area contributed by atoms with Crippen LogP contribution in [-0.4, -0.2) is 20.4 Å². The highest BCUT2D eigenvalue weighted by molar-refractivity contribution is 7.92. The first-order valence-electron chi connectivity index (χ1n) is 9.15. The van der Waals surface area contributed by atoms with Crippen LogP contribution in [0.3, 0.4) is 0 Å². The molecule has 0 bridgehead atoms. The van der Waals surface area contributed by atoms with Gasteiger partial charge in [0.05, 0.1) is 10.6 Å². The summed E-state index contributed by atoms with van der Waals surface area (Å²) in [6.45, 7) is 1.85. The molecule has 29 heavy (non-hydrogen) atoms. The number of nitrogens with one attached hydrogen (secondary N) is 1. The van der Waals surface area contributed by atoms with Crippen LogP contribution in [0, 0.1) is 5.82 Å². The van der Waals surface area contributed by atoms with E-state index in [1.54, 1.807) is 48.5 Å². The highest BCUT2D eigenvalue weighted by Gasteiger charge is 2.36. The van der Waals surface area contributed by atoms with Crippen LogP contribution in [-0.2, 0) is 16.4 Å². The third kappa shape index (κ3) is 3.61. The number of rotatable bonds is 4. The minimum absolute atomic E-state index is 0.234. The smallest absolute Gasteiger partial charge is 0.264 e. The van der Waals surface area contributed by atoms with Gasteiger partial charge in [0.1, 0.15) is 5.82 Å². The molecule has 0 aliphatic carbocycles. The molecule has 0 aromatic heterocycles. The average Bonchev–Trinajstić information content (AvgIpc) is 3.06. The number of halogens is 1. The zero-order chi connectivity index (χ0) is 20.6. The summed E-state index contributed by atoms with van der Waals surface area (Å²) in [4.78, 5) is 12.8. The molecule has 0 fully saturated rings. The fraction of sp³-hybridized carbons (Fsp3) is 0.136. The Balaban J connectivity index is 1.62. The Kier molecular flexibility index (Phi) is 4.84. The molecule has 0 saturated heterocycles. The Morgan fingerprint density at radius 3 is 2.41 bits per heavy atom. The van der Waals surface area contributed by atoms with Crippen molar-refractivity contribution in [3.8, 4) is 0 Å². The molecule has 5 nitrogen and oxygen atoms in total. The molecular formula is C22H19FN2O3S. The van der Waals surface area contributed by atoms with Crippen molar-refractivity contribution in [2.24, 2.45) is 0 Å². The summed E-state index contributed by atoms with van der Waals surface area (Å²) in [5, 5.41) is 2.72. The van der Waals surface area contributed by atoms with Gasteiger partial charge in [0, 0.05) is 17.3 Å². The summed E-state index contributed by atoms with van der Waals surface area (Å²) in [6, 6.07) is 18.5. The second-order valence-electron chi connectivity index (χ2n) is 6.97. The fourth-order valence-electron chi connectivity index (χ4n) is 3.55. The number of carbonyl (C=O) groups is 1. The summed E-state index contributed by atoms with van der Waals surface area (Å²) in [5.74, 6) is -0.717. The van der Waals surface area contributed by atoms with Crippen LogP contribution in [0.2, 0.25) is 0 Å². The van der Waals surface area contributed by atoms with Gasteiger partial charge in [-0.25, -0.2) is 12.8 Å². The van der Waals surface area contributed by atoms with Crippen LogP contribution >= 0.6 is 0 Å². The van der Waals surface area contributed by atoms with E-state index in [-0.39, 0.29) is 22.7 Å². The topological polar surface area (TPSA) is 66.5 Å². The van der Waals surface area contributed by atoms with Gasteiger partial charge in [-0.3, -0.25) is 9.10 Å². The lowest BCUT2D eigenvalue weighted by molar-refractivity contribution is 0.102. The lowest BCUT2D eigenvalue weighted by Gasteiger charge is -2.24. The number of carbonyl (C=O) groups excluding carboxylic acids is 1. The van der Waals surface area contributed by atoms with Crippen molar-refractivity contribution in [3.05, 3.63) is 89.7 Å². The van der Waals surface area contributed by atoms with Crippen molar-refractivity contribution in [1.29, 1.82) is 0 Å². The first kappa shape index (κ1) is 19.1. The van der Waals surface area contributed by atoms with Crippen LogP contribution < -0.4 is 9.62 Å². The number of sulfonamides is 1. The Hall–Kier alpha value is -3.19. The van der Waals surface area contributed by atoms with E-state index >= 15 is 0 Å². The first-order valence-corrected chi connectivity index (χ1v) is 10.6. The molecular weight excluding hydrogens is 391 g/mol. The van der Waals surface area contributed by atoms with Crippen LogP contribution in [0.1, 0.15) is 22.8 Å². The Bertz CT molecular complexity index is 1160. The van der Waals surface area contributed by atoms with Crippen molar-refractivity contribution in [3.63, 3.8) is 0 Å². The molecule has 4 rings (SSSR count). The van der Waals surface area contributed by atoms with Crippen molar-refractivity contribution in [1.82, 2.24) is 0 Å². The molecule has 3 aromatic rings. The van der Waals surface area contributed by atoms with Crippen LogP contribution in [0.25, 0.3) is 0 Å². The Morgan fingerprint density at radius 2 is 1.72 bits per heavy atom. The van der Waals surface area contributed by atoms with Gasteiger partial charge >= 0.3 is 0 Å². The van der Waals surface area contributed by atoms with Crippen molar-refractivity contribution < 1.29 is 17.6 Å². The summed E-state index contributed by atoms with van der Waals surface area (Å²) in [6.07, 6.45) is 0.513. The molecule has 0 saturated carbocycles. The lowest BCUT2D eigenvalue weighted by atomic mass is 10.1. The Labute approximate surface area is 168 Å². The third-order valence-corrected chi connectivity index (χ3v) is 6.84. The van der Waals surface area contributed by atoms with E-state index in [9.17, 15) is 17.6 Å². The standard InChI is InChI=1S/C22H19FN2O3S/c1-15-13-17-14-16(22(26)24-19-10-8-18(23)9-11-19)7-12-21(17)25(15)29(27,28)20-5-3-2-4-6-20/h2-12,14-15H,13H2,1H3,(H,24,26)/t15-/m1/s1. The summed E-state index contributed by atoms with van der Waals surface area (Å²) in [5.41, 5.74) is 2.28. The Morgan fingerprint density at radius 1 is 1.03 bits per heavy atom. The third-order valence-electron chi connectivity index (χ3n) is 4.90. The van der Waals surface area contributed by atoms with Crippen LogP contribution in [0.4, 0.5) is 15.8 Å². The molecule has 1 heterocycles. The maximum atomic E-state index is 13.1. The van der Waals surface area contributed by atoms with Crippen molar-refractivity contribution in [2.45, 2.75) is 24.3 Å². The van der Waals surface area contributed by atoms with E-state index in [1.165, 1.54) is 28.6 Å². The molecule has 148 valence electrons. The van der Waals surface area contributed by atoms with Gasteiger partial charge in [-0.05, 0) is 73.5 Å². The molecule has 1 aliphatic heterocycles. The zero-order valence-corrected chi connectivity index (χ0v) is 16.5. The average molecular weight is 410 g/mol. The molecule has 3 aromatic carbocycles. The predicted octanol–water partition coefficient (Wildman–Crippen LogP) is 4.22. The van der Waals surface area contributed by atoms with E-state index < -0.39 is 10.0 Å². The number of benzene rings is 3. The van der Waals surface area contributed by atoms with Gasteiger partial charge in [0.25, 0.3) is 15.9 Å². The van der Waals surface area contributed by atoms with Crippen LogP contribution in [0.15, 0.2) is 77.7 Å². The van der Waals surface area contributed by atoms with Gasteiger partial charge in [-0.2, -0.15) is 0 Å². The summed E-state index contributed by atoms with van der Waals surface area (Å²) < 4.78 is 40.7. The molecule has 1 N–H and O–H groups in total. The molecule has 1 amide bonds. The number of anilines is 2. The minimum Gasteiger partial charge on any atom is -0.322 e. The second kappa shape index (κ2) is 7.33. The quantitative estimate of drug-likeness (QED) is 0.700. The number of hydrogen-bond donors (Lipinski definition) is 1. The first-order chi connectivity index (χ1) is 13.9. The fourth-order valence-corrected chi connectivity index (χ4v) is 5.27. The molecule has 7 heteroatoms. The van der Waals surface area contributed by atoms with Crippen LogP contribution in [0.5, 0.6) is 0 Å². The number of fused-ring (bicyclic) bond motifs is 1. The van der Waals surface area contributed by atoms with Crippen molar-refractivity contribution >= 4 is 27.3 Å². The van der Waals surface area contributed by atoms with E-state index in [0.29, 0.717) is 23.4 Å². The maximum absolute atomic E-state index is 13.1. The number of nitrogens with zero attached hydrogens (tertiary/aromatic N) is 1. The number of amides is 1. The SMILES string of the molecule is C[C@@H]1Cc2cc(C(=O)Nc3ccc(F)cc3)ccc2N1S(=O)(=O)c1ccccc1. The highest BCUT2D eigenvalue weighted by atomic mass is 32.2. The molecule has 1 atom stereocenters. The minimum atomic E-state index is -3.69. The zero-order valence-electron chi connectivity index (χ0n) is 15.7. The van der Waals surface area contributed by atoms with Gasteiger partial charge in [0.2, 0.25) is 0 Å². The number of hydrogen-bond acceptors (Lipinski definition) is 3. The van der Waals surface area contributed by atoms with Gasteiger partial charge in [-0.1, -0.05) is 18.2 Å². The normalized spacial score (nSPS) is 15.8. The summed E-state index contributed by atoms with van der Waals surface area (Å²) >= 11 is 0. The van der Waals surface area contributed by atoms with Gasteiger partial charge in [-0.15, -0.1) is 0 Å². The van der Waals surface area contributed by atoms with E-state index in [0.717, 1.165) is 5.56 Å². The summed E-state index contributed by atoms with van der Waals surface area (Å²) in [7, 11) is -3.69. The van der Waals surface area contributed by atoms with Gasteiger partial charge < -0.3 is 5.32 Å². The van der Waals surface area contributed by atoms with E-state index in [4.69, 9.17) is 0 Å². The largest absolute Gasteiger partial charge is 0.322 e. The second-order valence-corrected chi connectivity index (χ2v) is 8.79. The highest BCUT2D eigenvalue weighted by Crippen LogP contribution is 2.37. The monoisotopic (exact) mass is 410 g/mol. The van der Waals surface area contributed by atoms with Crippen molar-refractivity contribution in [2.75, 3.05) is 9.62 Å². The van der Waals surface area contributed by atoms with Gasteiger partial charge in [0.15, 0.2) is 0 Å². The lowest BCUT2D eigenvalue weighted by Crippen LogP contribution is -2.35. The molecule has 0 spiro atoms. The van der Waals surface area contributed by atoms with E-state index in [1.807, 2.05) is 6.92 Å². The van der Waals surface area contributed by atoms with E-state index in [2.05, 4.69) is 5.32 Å². The molecule has 1 aliphatic rings. The maximum Gasteiger partial charge on any atom is 0.264 e. The molecule has 0 radical (unpaired) electrons. The molecule has 0 unspecified atom stereocenters.